The van der Waals surface area contributed by atoms with Crippen molar-refractivity contribution in [2.75, 3.05) is 21.3 Å². The molecule has 1 rings (SSSR count). The lowest BCUT2D eigenvalue weighted by molar-refractivity contribution is -0.138. The standard InChI is InChI=1S/C13H17NO6/c1-7(13(16)17)14-12(15)8-5-10(19-3)11(20-4)6-9(8)18-2/h5-7H,1-4H3,(H,14,15)(H,16,17)/t7-/m1/s1. The third kappa shape index (κ3) is 3.31. The van der Waals surface area contributed by atoms with Crippen LogP contribution in [-0.2, 0) is 4.79 Å². The number of benzene rings is 1. The summed E-state index contributed by atoms with van der Waals surface area (Å²) in [4.78, 5) is 22.8. The Morgan fingerprint density at radius 2 is 1.55 bits per heavy atom. The molecule has 7 nitrogen and oxygen atoms in total. The van der Waals surface area contributed by atoms with Crippen LogP contribution in [0, 0.1) is 0 Å². The van der Waals surface area contributed by atoms with Crippen molar-refractivity contribution in [3.8, 4) is 17.2 Å². The van der Waals surface area contributed by atoms with Crippen molar-refractivity contribution >= 4 is 11.9 Å². The molecule has 1 aromatic rings. The zero-order chi connectivity index (χ0) is 15.3. The molecule has 0 fully saturated rings. The number of hydrogen-bond acceptors (Lipinski definition) is 5. The van der Waals surface area contributed by atoms with Gasteiger partial charge in [-0.2, -0.15) is 0 Å². The van der Waals surface area contributed by atoms with Crippen molar-refractivity contribution in [2.24, 2.45) is 0 Å². The molecule has 0 saturated heterocycles. The lowest BCUT2D eigenvalue weighted by Crippen LogP contribution is -2.38. The van der Waals surface area contributed by atoms with Gasteiger partial charge in [0.1, 0.15) is 11.8 Å². The molecule has 0 aliphatic heterocycles. The minimum absolute atomic E-state index is 0.165. The predicted molar refractivity (Wildman–Crippen MR) is 70.7 cm³/mol. The van der Waals surface area contributed by atoms with Crippen LogP contribution in [0.2, 0.25) is 0 Å². The van der Waals surface area contributed by atoms with Gasteiger partial charge in [-0.25, -0.2) is 0 Å². The molecule has 2 N–H and O–H groups in total. The van der Waals surface area contributed by atoms with Gasteiger partial charge in [-0.3, -0.25) is 9.59 Å². The molecule has 110 valence electrons. The molecule has 0 radical (unpaired) electrons. The van der Waals surface area contributed by atoms with Crippen molar-refractivity contribution < 1.29 is 28.9 Å². The smallest absolute Gasteiger partial charge is 0.325 e. The number of rotatable bonds is 6. The highest BCUT2D eigenvalue weighted by molar-refractivity contribution is 5.99. The van der Waals surface area contributed by atoms with Crippen LogP contribution in [0.3, 0.4) is 0 Å². The Kier molecular flexibility index (Phi) is 5.19. The maximum Gasteiger partial charge on any atom is 0.325 e. The molecule has 0 bridgehead atoms. The van der Waals surface area contributed by atoms with E-state index in [1.165, 1.54) is 40.4 Å². The fraction of sp³-hybridized carbons (Fsp3) is 0.385. The molecular formula is C13H17NO6. The van der Waals surface area contributed by atoms with Crippen molar-refractivity contribution in [1.29, 1.82) is 0 Å². The average Bonchev–Trinajstić information content (AvgIpc) is 2.45. The van der Waals surface area contributed by atoms with E-state index in [1.54, 1.807) is 0 Å². The first kappa shape index (κ1) is 15.6. The van der Waals surface area contributed by atoms with Crippen LogP contribution in [0.5, 0.6) is 17.2 Å². The highest BCUT2D eigenvalue weighted by atomic mass is 16.5. The molecule has 7 heteroatoms. The van der Waals surface area contributed by atoms with Crippen LogP contribution in [0.1, 0.15) is 17.3 Å². The first-order chi connectivity index (χ1) is 9.44. The number of nitrogens with one attached hydrogen (secondary N) is 1. The van der Waals surface area contributed by atoms with E-state index < -0.39 is 17.9 Å². The van der Waals surface area contributed by atoms with Crippen LogP contribution in [-0.4, -0.2) is 44.4 Å². The summed E-state index contributed by atoms with van der Waals surface area (Å²) in [5.74, 6) is -0.679. The maximum atomic E-state index is 12.1. The maximum absolute atomic E-state index is 12.1. The second kappa shape index (κ2) is 6.65. The van der Waals surface area contributed by atoms with Crippen LogP contribution in [0.25, 0.3) is 0 Å². The first-order valence-electron chi connectivity index (χ1n) is 5.78. The summed E-state index contributed by atoms with van der Waals surface area (Å²) in [5.41, 5.74) is 0.165. The van der Waals surface area contributed by atoms with E-state index in [0.717, 1.165) is 0 Å². The molecule has 0 aliphatic rings. The van der Waals surface area contributed by atoms with Gasteiger partial charge in [0.2, 0.25) is 0 Å². The number of carboxylic acids is 1. The van der Waals surface area contributed by atoms with Gasteiger partial charge in [0.05, 0.1) is 26.9 Å². The zero-order valence-electron chi connectivity index (χ0n) is 11.7. The topological polar surface area (TPSA) is 94.1 Å². The predicted octanol–water partition coefficient (Wildman–Crippen LogP) is 0.915. The van der Waals surface area contributed by atoms with E-state index in [9.17, 15) is 9.59 Å². The highest BCUT2D eigenvalue weighted by Crippen LogP contribution is 2.34. The summed E-state index contributed by atoms with van der Waals surface area (Å²) in [6.45, 7) is 1.37. The van der Waals surface area contributed by atoms with Gasteiger partial charge in [0.15, 0.2) is 11.5 Å². The summed E-state index contributed by atoms with van der Waals surface area (Å²) in [7, 11) is 4.30. The number of carbonyl (C=O) groups is 2. The Morgan fingerprint density at radius 1 is 1.05 bits per heavy atom. The van der Waals surface area contributed by atoms with Gasteiger partial charge in [0, 0.05) is 12.1 Å². The van der Waals surface area contributed by atoms with Gasteiger partial charge in [0.25, 0.3) is 5.91 Å². The summed E-state index contributed by atoms with van der Waals surface area (Å²) in [5, 5.41) is 11.1. The third-order valence-electron chi connectivity index (χ3n) is 2.67. The zero-order valence-corrected chi connectivity index (χ0v) is 11.7. The number of methoxy groups -OCH3 is 3. The van der Waals surface area contributed by atoms with Gasteiger partial charge in [-0.1, -0.05) is 0 Å². The fourth-order valence-electron chi connectivity index (χ4n) is 1.54. The van der Waals surface area contributed by atoms with Gasteiger partial charge in [-0.15, -0.1) is 0 Å². The minimum atomic E-state index is -1.13. The van der Waals surface area contributed by atoms with E-state index >= 15 is 0 Å². The van der Waals surface area contributed by atoms with E-state index in [-0.39, 0.29) is 11.3 Å². The summed E-state index contributed by atoms with van der Waals surface area (Å²) in [6.07, 6.45) is 0. The van der Waals surface area contributed by atoms with Gasteiger partial charge < -0.3 is 24.6 Å². The summed E-state index contributed by atoms with van der Waals surface area (Å²) in [6, 6.07) is 1.92. The molecule has 1 atom stereocenters. The SMILES string of the molecule is COc1cc(OC)c(C(=O)N[C@H](C)C(=O)O)cc1OC. The molecule has 0 aromatic heterocycles. The Morgan fingerprint density at radius 3 is 2.00 bits per heavy atom. The molecule has 1 aromatic carbocycles. The van der Waals surface area contributed by atoms with Crippen molar-refractivity contribution in [1.82, 2.24) is 5.32 Å². The number of amides is 1. The van der Waals surface area contributed by atoms with Gasteiger partial charge >= 0.3 is 5.97 Å². The normalized spacial score (nSPS) is 11.4. The summed E-state index contributed by atoms with van der Waals surface area (Å²) >= 11 is 0. The van der Waals surface area contributed by atoms with Gasteiger partial charge in [-0.05, 0) is 6.92 Å². The fourth-order valence-corrected chi connectivity index (χ4v) is 1.54. The quantitative estimate of drug-likeness (QED) is 0.806. The number of carbonyl (C=O) groups excluding carboxylic acids is 1. The number of ether oxygens (including phenoxy) is 3. The molecule has 20 heavy (non-hydrogen) atoms. The van der Waals surface area contributed by atoms with E-state index in [1.807, 2.05) is 0 Å². The molecule has 0 spiro atoms. The van der Waals surface area contributed by atoms with Crippen molar-refractivity contribution in [3.05, 3.63) is 17.7 Å². The lowest BCUT2D eigenvalue weighted by Gasteiger charge is -2.15. The Labute approximate surface area is 116 Å². The minimum Gasteiger partial charge on any atom is -0.496 e. The van der Waals surface area contributed by atoms with Crippen LogP contribution in [0.15, 0.2) is 12.1 Å². The van der Waals surface area contributed by atoms with E-state index in [4.69, 9.17) is 19.3 Å². The molecular weight excluding hydrogens is 266 g/mol. The second-order valence-electron chi connectivity index (χ2n) is 3.94. The molecule has 0 heterocycles. The van der Waals surface area contributed by atoms with E-state index in [0.29, 0.717) is 11.5 Å². The van der Waals surface area contributed by atoms with Crippen molar-refractivity contribution in [3.63, 3.8) is 0 Å². The average molecular weight is 283 g/mol. The number of carboxylic acid groups (broad SMARTS) is 1. The van der Waals surface area contributed by atoms with Crippen LogP contribution >= 0.6 is 0 Å². The highest BCUT2D eigenvalue weighted by Gasteiger charge is 2.21. The monoisotopic (exact) mass is 283 g/mol. The lowest BCUT2D eigenvalue weighted by atomic mass is 10.1. The van der Waals surface area contributed by atoms with Crippen molar-refractivity contribution in [2.45, 2.75) is 13.0 Å². The third-order valence-corrected chi connectivity index (χ3v) is 2.67. The Hall–Kier alpha value is -2.44. The Balaban J connectivity index is 3.15. The number of hydrogen-bond donors (Lipinski definition) is 2. The van der Waals surface area contributed by atoms with Crippen LogP contribution in [0.4, 0.5) is 0 Å². The number of aliphatic carboxylic acids is 1. The first-order valence-corrected chi connectivity index (χ1v) is 5.78. The summed E-state index contributed by atoms with van der Waals surface area (Å²) < 4.78 is 15.3. The second-order valence-corrected chi connectivity index (χ2v) is 3.94. The largest absolute Gasteiger partial charge is 0.496 e. The molecule has 0 saturated carbocycles. The Bertz CT molecular complexity index is 514. The molecule has 0 unspecified atom stereocenters. The van der Waals surface area contributed by atoms with Crippen LogP contribution < -0.4 is 19.5 Å². The molecule has 0 aliphatic carbocycles. The van der Waals surface area contributed by atoms with E-state index in [2.05, 4.69) is 5.32 Å². The molecule has 1 amide bonds.